The minimum atomic E-state index is -3.47. The molecule has 0 aliphatic carbocycles. The summed E-state index contributed by atoms with van der Waals surface area (Å²) in [5, 5.41) is 0. The van der Waals surface area contributed by atoms with Gasteiger partial charge in [-0.05, 0) is 24.3 Å². The van der Waals surface area contributed by atoms with E-state index in [2.05, 4.69) is 9.62 Å². The molecule has 3 rings (SSSR count). The molecule has 1 fully saturated rings. The SMILES string of the molecule is CS(=O)(=O)Nc1cccc(C(=O)OCC(=O)N2CCN(Cc3ccccc3F)CC2)c1. The largest absolute Gasteiger partial charge is 0.452 e. The summed E-state index contributed by atoms with van der Waals surface area (Å²) < 4.78 is 43.8. The van der Waals surface area contributed by atoms with Crippen molar-refractivity contribution in [3.8, 4) is 0 Å². The van der Waals surface area contributed by atoms with Gasteiger partial charge in [-0.15, -0.1) is 0 Å². The van der Waals surface area contributed by atoms with E-state index in [1.165, 1.54) is 30.3 Å². The highest BCUT2D eigenvalue weighted by Gasteiger charge is 2.23. The second-order valence-corrected chi connectivity index (χ2v) is 9.03. The van der Waals surface area contributed by atoms with E-state index in [9.17, 15) is 22.4 Å². The van der Waals surface area contributed by atoms with Gasteiger partial charge in [-0.2, -0.15) is 0 Å². The van der Waals surface area contributed by atoms with E-state index in [1.807, 2.05) is 0 Å². The zero-order valence-corrected chi connectivity index (χ0v) is 17.9. The van der Waals surface area contributed by atoms with Gasteiger partial charge >= 0.3 is 5.97 Å². The fraction of sp³-hybridized carbons (Fsp3) is 0.333. The summed E-state index contributed by atoms with van der Waals surface area (Å²) in [5.41, 5.74) is 0.981. The number of hydrogen-bond donors (Lipinski definition) is 1. The molecule has 0 saturated carbocycles. The Balaban J connectivity index is 1.47. The van der Waals surface area contributed by atoms with Crippen LogP contribution >= 0.6 is 0 Å². The number of hydrogen-bond acceptors (Lipinski definition) is 6. The Bertz CT molecular complexity index is 1050. The molecule has 166 valence electrons. The maximum Gasteiger partial charge on any atom is 0.338 e. The average Bonchev–Trinajstić information content (AvgIpc) is 2.73. The Kier molecular flexibility index (Phi) is 7.24. The summed E-state index contributed by atoms with van der Waals surface area (Å²) >= 11 is 0. The highest BCUT2D eigenvalue weighted by Crippen LogP contribution is 2.14. The number of sulfonamides is 1. The van der Waals surface area contributed by atoms with Crippen molar-refractivity contribution in [2.45, 2.75) is 6.54 Å². The molecule has 0 bridgehead atoms. The van der Waals surface area contributed by atoms with Gasteiger partial charge in [-0.25, -0.2) is 17.6 Å². The van der Waals surface area contributed by atoms with Gasteiger partial charge in [0.1, 0.15) is 5.82 Å². The van der Waals surface area contributed by atoms with Crippen molar-refractivity contribution >= 4 is 27.6 Å². The van der Waals surface area contributed by atoms with Gasteiger partial charge in [0.25, 0.3) is 5.91 Å². The first-order valence-electron chi connectivity index (χ1n) is 9.70. The normalized spacial score (nSPS) is 14.8. The molecule has 2 aromatic rings. The highest BCUT2D eigenvalue weighted by molar-refractivity contribution is 7.92. The van der Waals surface area contributed by atoms with Crippen LogP contribution in [-0.4, -0.2) is 69.1 Å². The smallest absolute Gasteiger partial charge is 0.338 e. The van der Waals surface area contributed by atoms with Crippen molar-refractivity contribution in [1.29, 1.82) is 0 Å². The summed E-state index contributed by atoms with van der Waals surface area (Å²) in [6.07, 6.45) is 1.01. The first-order valence-corrected chi connectivity index (χ1v) is 11.6. The minimum absolute atomic E-state index is 0.135. The lowest BCUT2D eigenvalue weighted by Gasteiger charge is -2.34. The molecule has 1 N–H and O–H groups in total. The quantitative estimate of drug-likeness (QED) is 0.647. The minimum Gasteiger partial charge on any atom is -0.452 e. The monoisotopic (exact) mass is 449 g/mol. The Hall–Kier alpha value is -2.98. The number of piperazine rings is 1. The molecule has 0 atom stereocenters. The second kappa shape index (κ2) is 9.88. The molecule has 0 aromatic heterocycles. The maximum absolute atomic E-state index is 13.8. The third kappa shape index (κ3) is 6.76. The summed E-state index contributed by atoms with van der Waals surface area (Å²) in [6, 6.07) is 12.4. The van der Waals surface area contributed by atoms with Gasteiger partial charge in [-0.1, -0.05) is 24.3 Å². The van der Waals surface area contributed by atoms with Gasteiger partial charge < -0.3 is 9.64 Å². The Morgan fingerprint density at radius 2 is 1.77 bits per heavy atom. The molecule has 1 aliphatic rings. The van der Waals surface area contributed by atoms with Gasteiger partial charge in [0.15, 0.2) is 6.61 Å². The van der Waals surface area contributed by atoms with E-state index in [0.717, 1.165) is 6.26 Å². The van der Waals surface area contributed by atoms with Crippen LogP contribution in [0.1, 0.15) is 15.9 Å². The number of carbonyl (C=O) groups excluding carboxylic acids is 2. The van der Waals surface area contributed by atoms with E-state index in [1.54, 1.807) is 23.1 Å². The molecular weight excluding hydrogens is 425 g/mol. The summed E-state index contributed by atoms with van der Waals surface area (Å²) in [5.74, 6) is -1.28. The fourth-order valence-electron chi connectivity index (χ4n) is 3.25. The average molecular weight is 450 g/mol. The molecule has 1 aliphatic heterocycles. The number of nitrogens with zero attached hydrogens (tertiary/aromatic N) is 2. The lowest BCUT2D eigenvalue weighted by molar-refractivity contribution is -0.136. The molecule has 2 aromatic carbocycles. The van der Waals surface area contributed by atoms with E-state index in [4.69, 9.17) is 4.74 Å². The van der Waals surface area contributed by atoms with Crippen LogP contribution in [0.15, 0.2) is 48.5 Å². The Labute approximate surface area is 180 Å². The van der Waals surface area contributed by atoms with Crippen LogP contribution in [0.5, 0.6) is 0 Å². The summed E-state index contributed by atoms with van der Waals surface area (Å²) in [6.45, 7) is 2.16. The maximum atomic E-state index is 13.8. The number of esters is 1. The van der Waals surface area contributed by atoms with E-state index in [-0.39, 0.29) is 23.0 Å². The number of halogens is 1. The molecule has 0 radical (unpaired) electrons. The third-order valence-corrected chi connectivity index (χ3v) is 5.41. The first-order chi connectivity index (χ1) is 14.7. The number of amides is 1. The molecule has 8 nitrogen and oxygen atoms in total. The highest BCUT2D eigenvalue weighted by atomic mass is 32.2. The summed E-state index contributed by atoms with van der Waals surface area (Å²) in [7, 11) is -3.47. The first kappa shape index (κ1) is 22.7. The van der Waals surface area contributed by atoms with E-state index >= 15 is 0 Å². The van der Waals surface area contributed by atoms with Gasteiger partial charge in [0.2, 0.25) is 10.0 Å². The van der Waals surface area contributed by atoms with Crippen molar-refractivity contribution < 1.29 is 27.1 Å². The lowest BCUT2D eigenvalue weighted by atomic mass is 10.2. The summed E-state index contributed by atoms with van der Waals surface area (Å²) in [4.78, 5) is 28.3. The van der Waals surface area contributed by atoms with E-state index in [0.29, 0.717) is 38.3 Å². The van der Waals surface area contributed by atoms with Crippen LogP contribution in [0.3, 0.4) is 0 Å². The molecule has 1 heterocycles. The topological polar surface area (TPSA) is 96.0 Å². The molecule has 10 heteroatoms. The van der Waals surface area contributed by atoms with E-state index < -0.39 is 22.6 Å². The van der Waals surface area contributed by atoms with Crippen molar-refractivity contribution in [1.82, 2.24) is 9.80 Å². The molecule has 1 amide bonds. The van der Waals surface area contributed by atoms with Gasteiger partial charge in [0, 0.05) is 44.0 Å². The number of carbonyl (C=O) groups is 2. The zero-order chi connectivity index (χ0) is 22.4. The number of rotatable bonds is 7. The van der Waals surface area contributed by atoms with Crippen LogP contribution in [0.25, 0.3) is 0 Å². The van der Waals surface area contributed by atoms with Crippen LogP contribution in [0.2, 0.25) is 0 Å². The van der Waals surface area contributed by atoms with Crippen LogP contribution in [0, 0.1) is 5.82 Å². The number of ether oxygens (including phenoxy) is 1. The predicted octanol–water partition coefficient (Wildman–Crippen LogP) is 1.70. The molecule has 0 spiro atoms. The number of anilines is 1. The van der Waals surface area contributed by atoms with Crippen molar-refractivity contribution in [3.05, 3.63) is 65.5 Å². The Morgan fingerprint density at radius 1 is 1.06 bits per heavy atom. The van der Waals surface area contributed by atoms with Crippen LogP contribution in [-0.2, 0) is 26.1 Å². The second-order valence-electron chi connectivity index (χ2n) is 7.28. The standard InChI is InChI=1S/C21H24FN3O5S/c1-31(28,29)23-18-7-4-6-16(13-18)21(27)30-15-20(26)25-11-9-24(10-12-25)14-17-5-2-3-8-19(17)22/h2-8,13,23H,9-12,14-15H2,1H3. The lowest BCUT2D eigenvalue weighted by Crippen LogP contribution is -2.49. The van der Waals surface area contributed by atoms with Crippen LogP contribution in [0.4, 0.5) is 10.1 Å². The Morgan fingerprint density at radius 3 is 2.45 bits per heavy atom. The molecule has 31 heavy (non-hydrogen) atoms. The van der Waals surface area contributed by atoms with Crippen molar-refractivity contribution in [2.75, 3.05) is 43.8 Å². The third-order valence-electron chi connectivity index (χ3n) is 4.81. The number of nitrogens with one attached hydrogen (secondary N) is 1. The predicted molar refractivity (Wildman–Crippen MR) is 113 cm³/mol. The molecule has 1 saturated heterocycles. The van der Waals surface area contributed by atoms with Gasteiger partial charge in [0.05, 0.1) is 11.8 Å². The van der Waals surface area contributed by atoms with Gasteiger partial charge in [-0.3, -0.25) is 14.4 Å². The van der Waals surface area contributed by atoms with Crippen LogP contribution < -0.4 is 4.72 Å². The molecular formula is C21H24FN3O5S. The zero-order valence-electron chi connectivity index (χ0n) is 17.1. The van der Waals surface area contributed by atoms with Crippen molar-refractivity contribution in [3.63, 3.8) is 0 Å². The fourth-order valence-corrected chi connectivity index (χ4v) is 3.80. The van der Waals surface area contributed by atoms with Crippen molar-refractivity contribution in [2.24, 2.45) is 0 Å². The molecule has 0 unspecified atom stereocenters. The number of benzene rings is 2.